The Hall–Kier alpha value is -1.06. The van der Waals surface area contributed by atoms with E-state index in [1.54, 1.807) is 6.21 Å². The molecule has 0 unspecified atom stereocenters. The number of hydrogen-bond acceptors (Lipinski definition) is 2. The van der Waals surface area contributed by atoms with Gasteiger partial charge in [-0.2, -0.15) is 5.10 Å². The first-order valence-electron chi connectivity index (χ1n) is 3.23. The van der Waals surface area contributed by atoms with Gasteiger partial charge in [-0.1, -0.05) is 13.8 Å². The zero-order chi connectivity index (χ0) is 7.98. The standard InChI is InChI=1S/C6H14N4/c1-5(2)3-4-9-10-6(7)8/h4-5H,3H2,1-2H3,(H4,7,8,10)/b9-4-. The van der Waals surface area contributed by atoms with Crippen LogP contribution in [0.1, 0.15) is 20.3 Å². The van der Waals surface area contributed by atoms with Gasteiger partial charge in [-0.05, 0) is 12.3 Å². The molecule has 4 heteroatoms. The van der Waals surface area contributed by atoms with Gasteiger partial charge >= 0.3 is 0 Å². The van der Waals surface area contributed by atoms with E-state index in [9.17, 15) is 0 Å². The summed E-state index contributed by atoms with van der Waals surface area (Å²) < 4.78 is 0. The molecule has 0 saturated carbocycles. The molecular formula is C6H14N4. The first kappa shape index (κ1) is 8.94. The Labute approximate surface area is 61.0 Å². The highest BCUT2D eigenvalue weighted by atomic mass is 15.3. The number of nitrogens with zero attached hydrogens (tertiary/aromatic N) is 2. The molecule has 0 rings (SSSR count). The Morgan fingerprint density at radius 2 is 2.10 bits per heavy atom. The van der Waals surface area contributed by atoms with Gasteiger partial charge < -0.3 is 11.5 Å². The zero-order valence-corrected chi connectivity index (χ0v) is 6.41. The van der Waals surface area contributed by atoms with Crippen LogP contribution in [0.5, 0.6) is 0 Å². The van der Waals surface area contributed by atoms with E-state index in [0.717, 1.165) is 6.42 Å². The van der Waals surface area contributed by atoms with Crippen LogP contribution in [0, 0.1) is 5.92 Å². The van der Waals surface area contributed by atoms with Crippen molar-refractivity contribution in [3.8, 4) is 0 Å². The second-order valence-corrected chi connectivity index (χ2v) is 2.45. The molecule has 0 amide bonds. The topological polar surface area (TPSA) is 76.8 Å². The Morgan fingerprint density at radius 1 is 1.50 bits per heavy atom. The Morgan fingerprint density at radius 3 is 2.50 bits per heavy atom. The molecule has 0 fully saturated rings. The van der Waals surface area contributed by atoms with Crippen molar-refractivity contribution in [1.82, 2.24) is 0 Å². The van der Waals surface area contributed by atoms with Gasteiger partial charge in [-0.15, -0.1) is 5.10 Å². The molecule has 0 saturated heterocycles. The lowest BCUT2D eigenvalue weighted by molar-refractivity contribution is 0.689. The van der Waals surface area contributed by atoms with E-state index in [4.69, 9.17) is 11.5 Å². The fourth-order valence-corrected chi connectivity index (χ4v) is 0.365. The van der Waals surface area contributed by atoms with Crippen LogP contribution in [-0.2, 0) is 0 Å². The summed E-state index contributed by atoms with van der Waals surface area (Å²) in [5.41, 5.74) is 10.0. The van der Waals surface area contributed by atoms with Crippen LogP contribution in [0.15, 0.2) is 10.2 Å². The van der Waals surface area contributed by atoms with Crippen molar-refractivity contribution in [3.63, 3.8) is 0 Å². The van der Waals surface area contributed by atoms with Crippen LogP contribution in [0.25, 0.3) is 0 Å². The van der Waals surface area contributed by atoms with E-state index in [1.807, 2.05) is 0 Å². The number of nitrogens with two attached hydrogens (primary N) is 2. The summed E-state index contributed by atoms with van der Waals surface area (Å²) in [5.74, 6) is 0.595. The lowest BCUT2D eigenvalue weighted by Gasteiger charge is -1.93. The smallest absolute Gasteiger partial charge is 0.211 e. The van der Waals surface area contributed by atoms with Crippen LogP contribution >= 0.6 is 0 Å². The average molecular weight is 142 g/mol. The van der Waals surface area contributed by atoms with Crippen LogP contribution in [0.4, 0.5) is 0 Å². The van der Waals surface area contributed by atoms with Crippen molar-refractivity contribution < 1.29 is 0 Å². The van der Waals surface area contributed by atoms with Crippen molar-refractivity contribution in [2.75, 3.05) is 0 Å². The summed E-state index contributed by atoms with van der Waals surface area (Å²) in [7, 11) is 0. The van der Waals surface area contributed by atoms with Crippen molar-refractivity contribution in [2.24, 2.45) is 27.6 Å². The second-order valence-electron chi connectivity index (χ2n) is 2.45. The lowest BCUT2D eigenvalue weighted by Crippen LogP contribution is -2.21. The molecule has 0 spiro atoms. The Kier molecular flexibility index (Phi) is 4.28. The molecule has 0 aliphatic rings. The predicted octanol–water partition coefficient (Wildman–Crippen LogP) is 0.292. The van der Waals surface area contributed by atoms with E-state index < -0.39 is 0 Å². The molecule has 4 N–H and O–H groups in total. The highest BCUT2D eigenvalue weighted by Gasteiger charge is 1.86. The molecule has 0 aliphatic heterocycles. The third kappa shape index (κ3) is 6.94. The number of rotatable bonds is 3. The first-order chi connectivity index (χ1) is 4.63. The molecule has 10 heavy (non-hydrogen) atoms. The van der Waals surface area contributed by atoms with Gasteiger partial charge in [0.25, 0.3) is 0 Å². The molecule has 0 aromatic rings. The Balaban J connectivity index is 3.48. The van der Waals surface area contributed by atoms with Crippen LogP contribution in [0.3, 0.4) is 0 Å². The normalized spacial score (nSPS) is 10.7. The third-order valence-electron chi connectivity index (χ3n) is 0.832. The highest BCUT2D eigenvalue weighted by molar-refractivity contribution is 5.76. The van der Waals surface area contributed by atoms with Gasteiger partial charge in [-0.3, -0.25) is 0 Å². The summed E-state index contributed by atoms with van der Waals surface area (Å²) in [6, 6.07) is 0. The molecule has 0 radical (unpaired) electrons. The summed E-state index contributed by atoms with van der Waals surface area (Å²) in [5, 5.41) is 7.06. The van der Waals surface area contributed by atoms with Crippen molar-refractivity contribution in [2.45, 2.75) is 20.3 Å². The molecule has 0 aromatic heterocycles. The van der Waals surface area contributed by atoms with Gasteiger partial charge in [-0.25, -0.2) is 0 Å². The highest BCUT2D eigenvalue weighted by Crippen LogP contribution is 1.94. The van der Waals surface area contributed by atoms with Crippen molar-refractivity contribution in [1.29, 1.82) is 0 Å². The Bertz CT molecular complexity index is 133. The van der Waals surface area contributed by atoms with E-state index in [-0.39, 0.29) is 5.96 Å². The van der Waals surface area contributed by atoms with Crippen LogP contribution in [0.2, 0.25) is 0 Å². The van der Waals surface area contributed by atoms with E-state index >= 15 is 0 Å². The van der Waals surface area contributed by atoms with Gasteiger partial charge in [0.15, 0.2) is 0 Å². The molecule has 0 bridgehead atoms. The quantitative estimate of drug-likeness (QED) is 0.337. The average Bonchev–Trinajstić information content (AvgIpc) is 1.79. The maximum absolute atomic E-state index is 5.02. The molecular weight excluding hydrogens is 128 g/mol. The molecule has 0 atom stereocenters. The molecule has 0 aliphatic carbocycles. The van der Waals surface area contributed by atoms with Crippen LogP contribution in [-0.4, -0.2) is 12.2 Å². The fourth-order valence-electron chi connectivity index (χ4n) is 0.365. The summed E-state index contributed by atoms with van der Waals surface area (Å²) in [6.45, 7) is 4.20. The molecule has 58 valence electrons. The van der Waals surface area contributed by atoms with Crippen LogP contribution < -0.4 is 11.5 Å². The largest absolute Gasteiger partial charge is 0.369 e. The van der Waals surface area contributed by atoms with E-state index in [0.29, 0.717) is 5.92 Å². The predicted molar refractivity (Wildman–Crippen MR) is 43.8 cm³/mol. The second kappa shape index (κ2) is 4.78. The lowest BCUT2D eigenvalue weighted by atomic mass is 10.2. The minimum Gasteiger partial charge on any atom is -0.369 e. The van der Waals surface area contributed by atoms with Crippen molar-refractivity contribution >= 4 is 12.2 Å². The number of guanidine groups is 1. The minimum atomic E-state index is 0.00000567. The number of hydrogen-bond donors (Lipinski definition) is 2. The van der Waals surface area contributed by atoms with Crippen molar-refractivity contribution in [3.05, 3.63) is 0 Å². The first-order valence-corrected chi connectivity index (χ1v) is 3.23. The summed E-state index contributed by atoms with van der Waals surface area (Å²) in [6.07, 6.45) is 2.60. The zero-order valence-electron chi connectivity index (χ0n) is 6.41. The molecule has 0 aromatic carbocycles. The van der Waals surface area contributed by atoms with Gasteiger partial charge in [0, 0.05) is 6.21 Å². The van der Waals surface area contributed by atoms with Gasteiger partial charge in [0.05, 0.1) is 0 Å². The minimum absolute atomic E-state index is 0.00000567. The van der Waals surface area contributed by atoms with E-state index in [2.05, 4.69) is 24.1 Å². The maximum atomic E-state index is 5.02. The summed E-state index contributed by atoms with van der Waals surface area (Å²) in [4.78, 5) is 0. The maximum Gasteiger partial charge on any atom is 0.211 e. The van der Waals surface area contributed by atoms with Gasteiger partial charge in [0.1, 0.15) is 0 Å². The summed E-state index contributed by atoms with van der Waals surface area (Å²) >= 11 is 0. The monoisotopic (exact) mass is 142 g/mol. The fraction of sp³-hybridized carbons (Fsp3) is 0.667. The third-order valence-corrected chi connectivity index (χ3v) is 0.832. The molecule has 4 nitrogen and oxygen atoms in total. The van der Waals surface area contributed by atoms with E-state index in [1.165, 1.54) is 0 Å². The SMILES string of the molecule is CC(C)C/C=N\N=C(N)N. The molecule has 0 heterocycles. The van der Waals surface area contributed by atoms with Gasteiger partial charge in [0.2, 0.25) is 5.96 Å².